The fourth-order valence-corrected chi connectivity index (χ4v) is 2.82. The largest absolute Gasteiger partial charge is 0.491 e. The lowest BCUT2D eigenvalue weighted by Crippen LogP contribution is -2.37. The molecule has 1 amide bonds. The number of carbonyl (C=O) groups excluding carboxylic acids is 1. The molecule has 1 fully saturated rings. The van der Waals surface area contributed by atoms with E-state index in [4.69, 9.17) is 4.74 Å². The van der Waals surface area contributed by atoms with E-state index in [2.05, 4.69) is 20.0 Å². The Morgan fingerprint density at radius 2 is 1.93 bits per heavy atom. The van der Waals surface area contributed by atoms with Crippen LogP contribution >= 0.6 is 0 Å². The fourth-order valence-electron chi connectivity index (χ4n) is 2.82. The number of halogens is 3. The Morgan fingerprint density at radius 1 is 1.24 bits per heavy atom. The first-order valence-electron chi connectivity index (χ1n) is 8.73. The van der Waals surface area contributed by atoms with Crippen LogP contribution in [0, 0.1) is 17.5 Å². The van der Waals surface area contributed by atoms with Gasteiger partial charge in [-0.3, -0.25) is 4.79 Å². The van der Waals surface area contributed by atoms with Crippen molar-refractivity contribution in [3.63, 3.8) is 0 Å². The number of hydrogen-bond donors (Lipinski definition) is 1. The van der Waals surface area contributed by atoms with Gasteiger partial charge in [0.2, 0.25) is 11.8 Å². The van der Waals surface area contributed by atoms with Gasteiger partial charge in [-0.05, 0) is 6.07 Å². The first-order valence-corrected chi connectivity index (χ1v) is 8.73. The van der Waals surface area contributed by atoms with E-state index >= 15 is 0 Å². The van der Waals surface area contributed by atoms with Crippen molar-refractivity contribution < 1.29 is 27.4 Å². The molecule has 0 bridgehead atoms. The smallest absolute Gasteiger partial charge is 0.259 e. The summed E-state index contributed by atoms with van der Waals surface area (Å²) in [5.41, 5.74) is -0.525. The van der Waals surface area contributed by atoms with Crippen LogP contribution in [0.15, 0.2) is 12.3 Å². The second kappa shape index (κ2) is 8.52. The molecule has 0 spiro atoms. The van der Waals surface area contributed by atoms with E-state index in [9.17, 15) is 18.0 Å². The van der Waals surface area contributed by atoms with Gasteiger partial charge < -0.3 is 24.6 Å². The fraction of sp³-hybridized carbons (Fsp3) is 0.389. The molecule has 0 atom stereocenters. The van der Waals surface area contributed by atoms with Gasteiger partial charge in [-0.25, -0.2) is 13.8 Å². The Balaban J connectivity index is 1.91. The van der Waals surface area contributed by atoms with Gasteiger partial charge in [0.1, 0.15) is 5.69 Å². The van der Waals surface area contributed by atoms with E-state index in [-0.39, 0.29) is 5.69 Å². The van der Waals surface area contributed by atoms with Gasteiger partial charge in [0.25, 0.3) is 5.91 Å². The molecule has 1 aliphatic heterocycles. The number of nitrogens with one attached hydrogen (secondary N) is 1. The Labute approximate surface area is 165 Å². The van der Waals surface area contributed by atoms with Crippen LogP contribution in [0.3, 0.4) is 0 Å². The van der Waals surface area contributed by atoms with Gasteiger partial charge in [0.15, 0.2) is 23.2 Å². The van der Waals surface area contributed by atoms with Gasteiger partial charge in [0, 0.05) is 27.2 Å². The molecular weight excluding hydrogens is 391 g/mol. The summed E-state index contributed by atoms with van der Waals surface area (Å²) in [6.45, 7) is 2.35. The highest BCUT2D eigenvalue weighted by Gasteiger charge is 2.25. The normalized spacial score (nSPS) is 13.9. The molecule has 3 rings (SSSR count). The third-order valence-electron chi connectivity index (χ3n) is 4.29. The molecule has 1 aromatic heterocycles. The number of methoxy groups -OCH3 is 1. The molecule has 0 saturated carbocycles. The van der Waals surface area contributed by atoms with Crippen molar-refractivity contribution >= 4 is 23.4 Å². The quantitative estimate of drug-likeness (QED) is 0.755. The lowest BCUT2D eigenvalue weighted by atomic mass is 10.1. The van der Waals surface area contributed by atoms with E-state index in [0.29, 0.717) is 44.1 Å². The van der Waals surface area contributed by atoms with E-state index in [0.717, 1.165) is 7.11 Å². The van der Waals surface area contributed by atoms with E-state index in [1.165, 1.54) is 6.20 Å². The molecule has 2 heterocycles. The van der Waals surface area contributed by atoms with Crippen molar-refractivity contribution in [1.29, 1.82) is 0 Å². The average molecular weight is 411 g/mol. The molecule has 1 aliphatic rings. The van der Waals surface area contributed by atoms with Crippen LogP contribution in [-0.4, -0.2) is 63.4 Å². The van der Waals surface area contributed by atoms with Crippen molar-refractivity contribution in [3.05, 3.63) is 35.3 Å². The van der Waals surface area contributed by atoms with Gasteiger partial charge in [0.05, 0.1) is 32.1 Å². The zero-order chi connectivity index (χ0) is 21.1. The zero-order valence-corrected chi connectivity index (χ0v) is 16.1. The van der Waals surface area contributed by atoms with Gasteiger partial charge in [-0.1, -0.05) is 0 Å². The van der Waals surface area contributed by atoms with Crippen molar-refractivity contribution in [2.45, 2.75) is 0 Å². The van der Waals surface area contributed by atoms with Crippen molar-refractivity contribution in [2.24, 2.45) is 0 Å². The Kier molecular flexibility index (Phi) is 6.06. The van der Waals surface area contributed by atoms with E-state index < -0.39 is 34.7 Å². The topological polar surface area (TPSA) is 79.8 Å². The third kappa shape index (κ3) is 4.19. The Bertz CT molecular complexity index is 920. The maximum atomic E-state index is 14.4. The van der Waals surface area contributed by atoms with Crippen LogP contribution < -0.4 is 19.9 Å². The summed E-state index contributed by atoms with van der Waals surface area (Å²) in [6, 6.07) is 0.473. The number of carbonyl (C=O) groups is 1. The second-order valence-electron chi connectivity index (χ2n) is 6.42. The Hall–Kier alpha value is -3.08. The number of amides is 1. The van der Waals surface area contributed by atoms with E-state index in [1.54, 1.807) is 19.0 Å². The summed E-state index contributed by atoms with van der Waals surface area (Å²) < 4.78 is 51.5. The monoisotopic (exact) mass is 411 g/mol. The SMILES string of the molecule is COc1c(F)c(F)cc(C(=O)Nc2cnc(N3CCOCC3)nc2N(C)C)c1F. The number of ether oxygens (including phenoxy) is 2. The predicted octanol–water partition coefficient (Wildman–Crippen LogP) is 2.06. The van der Waals surface area contributed by atoms with E-state index in [1.807, 2.05) is 4.90 Å². The predicted molar refractivity (Wildman–Crippen MR) is 100 cm³/mol. The lowest BCUT2D eigenvalue weighted by Gasteiger charge is -2.28. The summed E-state index contributed by atoms with van der Waals surface area (Å²) in [4.78, 5) is 24.8. The number of aromatic nitrogens is 2. The highest BCUT2D eigenvalue weighted by atomic mass is 19.2. The molecule has 0 radical (unpaired) electrons. The third-order valence-corrected chi connectivity index (χ3v) is 4.29. The maximum Gasteiger partial charge on any atom is 0.259 e. The van der Waals surface area contributed by atoms with Crippen LogP contribution in [-0.2, 0) is 4.74 Å². The van der Waals surface area contributed by atoms with Gasteiger partial charge in [-0.15, -0.1) is 0 Å². The number of benzene rings is 1. The molecular formula is C18H20F3N5O3. The number of rotatable bonds is 5. The summed E-state index contributed by atoms with van der Waals surface area (Å²) in [5.74, 6) is -5.36. The maximum absolute atomic E-state index is 14.4. The first-order chi connectivity index (χ1) is 13.8. The molecule has 8 nitrogen and oxygen atoms in total. The van der Waals surface area contributed by atoms with Crippen LogP contribution in [0.2, 0.25) is 0 Å². The lowest BCUT2D eigenvalue weighted by molar-refractivity contribution is 0.102. The molecule has 0 unspecified atom stereocenters. The summed E-state index contributed by atoms with van der Waals surface area (Å²) in [5, 5.41) is 2.44. The highest BCUT2D eigenvalue weighted by Crippen LogP contribution is 2.29. The van der Waals surface area contributed by atoms with Crippen LogP contribution in [0.1, 0.15) is 10.4 Å². The number of morpholine rings is 1. The zero-order valence-electron chi connectivity index (χ0n) is 16.1. The summed E-state index contributed by atoms with van der Waals surface area (Å²) in [7, 11) is 4.40. The molecule has 0 aliphatic carbocycles. The van der Waals surface area contributed by atoms with Crippen molar-refractivity contribution in [3.8, 4) is 5.75 Å². The highest BCUT2D eigenvalue weighted by molar-refractivity contribution is 6.06. The molecule has 2 aromatic rings. The van der Waals surface area contributed by atoms with Crippen molar-refractivity contribution in [1.82, 2.24) is 9.97 Å². The number of nitrogens with zero attached hydrogens (tertiary/aromatic N) is 4. The molecule has 29 heavy (non-hydrogen) atoms. The molecule has 1 saturated heterocycles. The molecule has 1 aromatic carbocycles. The number of anilines is 3. The second-order valence-corrected chi connectivity index (χ2v) is 6.42. The first kappa shape index (κ1) is 20.6. The minimum atomic E-state index is -1.51. The van der Waals surface area contributed by atoms with Gasteiger partial charge >= 0.3 is 0 Å². The van der Waals surface area contributed by atoms with Gasteiger partial charge in [-0.2, -0.15) is 9.37 Å². The number of hydrogen-bond acceptors (Lipinski definition) is 7. The summed E-state index contributed by atoms with van der Waals surface area (Å²) in [6.07, 6.45) is 1.38. The molecule has 1 N–H and O–H groups in total. The van der Waals surface area contributed by atoms with Crippen molar-refractivity contribution in [2.75, 3.05) is 62.6 Å². The molecule has 11 heteroatoms. The minimum absolute atomic E-state index is 0.181. The summed E-state index contributed by atoms with van der Waals surface area (Å²) >= 11 is 0. The average Bonchev–Trinajstić information content (AvgIpc) is 2.72. The van der Waals surface area contributed by atoms with Crippen LogP contribution in [0.5, 0.6) is 5.75 Å². The Morgan fingerprint density at radius 3 is 2.55 bits per heavy atom. The van der Waals surface area contributed by atoms with Crippen LogP contribution in [0.25, 0.3) is 0 Å². The van der Waals surface area contributed by atoms with Crippen LogP contribution in [0.4, 0.5) is 30.6 Å². The minimum Gasteiger partial charge on any atom is -0.491 e. The standard InChI is InChI=1S/C18H20F3N5O3/c1-25(2)16-12(9-22-18(24-16)26-4-6-29-7-5-26)23-17(27)10-8-11(19)14(21)15(28-3)13(10)20/h8-9H,4-7H2,1-3H3,(H,23,27). The molecule has 156 valence electrons.